The van der Waals surface area contributed by atoms with Crippen molar-refractivity contribution in [1.29, 1.82) is 5.26 Å². The third-order valence-corrected chi connectivity index (χ3v) is 4.10. The molecule has 1 aromatic carbocycles. The number of rotatable bonds is 6. The summed E-state index contributed by atoms with van der Waals surface area (Å²) in [4.78, 5) is 13.0. The van der Waals surface area contributed by atoms with Gasteiger partial charge in [-0.05, 0) is 18.6 Å². The smallest absolute Gasteiger partial charge is 0.237 e. The summed E-state index contributed by atoms with van der Waals surface area (Å²) in [5.41, 5.74) is 0.730. The number of hydrogen-bond donors (Lipinski definition) is 1. The van der Waals surface area contributed by atoms with Crippen molar-refractivity contribution in [2.45, 2.75) is 12.7 Å². The maximum absolute atomic E-state index is 11.9. The van der Waals surface area contributed by atoms with E-state index in [1.807, 2.05) is 6.07 Å². The monoisotopic (exact) mass is 295 g/mol. The minimum atomic E-state index is -3.65. The van der Waals surface area contributed by atoms with E-state index in [-0.39, 0.29) is 18.2 Å². The van der Waals surface area contributed by atoms with E-state index in [9.17, 15) is 13.2 Å². The van der Waals surface area contributed by atoms with E-state index in [4.69, 9.17) is 5.26 Å². The van der Waals surface area contributed by atoms with Gasteiger partial charge in [0.15, 0.2) is 0 Å². The van der Waals surface area contributed by atoms with E-state index in [0.29, 0.717) is 17.7 Å². The van der Waals surface area contributed by atoms with Crippen LogP contribution in [0.15, 0.2) is 24.3 Å². The summed E-state index contributed by atoms with van der Waals surface area (Å²) in [6.45, 7) is 2.04. The standard InChI is InChI=1S/C13H17N3O3S/c1-3-16(2)13(17)9-15-20(18,19)10-12-7-5-4-6-11(12)8-14/h4-7,15H,3,9-10H2,1-2H3. The van der Waals surface area contributed by atoms with Crippen molar-refractivity contribution in [3.05, 3.63) is 35.4 Å². The van der Waals surface area contributed by atoms with Gasteiger partial charge in [0.05, 0.1) is 23.9 Å². The average Bonchev–Trinajstić information content (AvgIpc) is 2.44. The zero-order valence-electron chi connectivity index (χ0n) is 11.5. The fourth-order valence-corrected chi connectivity index (χ4v) is 2.60. The molecular weight excluding hydrogens is 278 g/mol. The third kappa shape index (κ3) is 4.64. The van der Waals surface area contributed by atoms with Crippen LogP contribution in [-0.4, -0.2) is 39.4 Å². The minimum absolute atomic E-state index is 0.276. The topological polar surface area (TPSA) is 90.3 Å². The normalized spacial score (nSPS) is 10.8. The van der Waals surface area contributed by atoms with Crippen LogP contribution in [-0.2, 0) is 20.6 Å². The number of nitriles is 1. The summed E-state index contributed by atoms with van der Waals surface area (Å²) >= 11 is 0. The molecule has 1 aromatic rings. The van der Waals surface area contributed by atoms with Crippen LogP contribution in [0.5, 0.6) is 0 Å². The molecule has 0 radical (unpaired) electrons. The Bertz CT molecular complexity index is 620. The molecule has 0 saturated carbocycles. The van der Waals surface area contributed by atoms with Crippen molar-refractivity contribution in [1.82, 2.24) is 9.62 Å². The summed E-state index contributed by atoms with van der Waals surface area (Å²) < 4.78 is 26.0. The highest BCUT2D eigenvalue weighted by atomic mass is 32.2. The Morgan fingerprint density at radius 1 is 1.40 bits per heavy atom. The number of nitrogens with one attached hydrogen (secondary N) is 1. The molecule has 0 aromatic heterocycles. The van der Waals surface area contributed by atoms with Crippen molar-refractivity contribution in [3.8, 4) is 6.07 Å². The second-order valence-corrected chi connectivity index (χ2v) is 6.06. The number of sulfonamides is 1. The Hall–Kier alpha value is -1.91. The molecule has 0 atom stereocenters. The fourth-order valence-electron chi connectivity index (χ4n) is 1.49. The maximum atomic E-state index is 11.9. The van der Waals surface area contributed by atoms with Crippen LogP contribution >= 0.6 is 0 Å². The van der Waals surface area contributed by atoms with Gasteiger partial charge in [0.2, 0.25) is 15.9 Å². The zero-order chi connectivity index (χ0) is 15.2. The molecule has 0 aliphatic carbocycles. The molecule has 20 heavy (non-hydrogen) atoms. The molecular formula is C13H17N3O3S. The second-order valence-electron chi connectivity index (χ2n) is 4.26. The first-order valence-electron chi connectivity index (χ1n) is 6.09. The van der Waals surface area contributed by atoms with Gasteiger partial charge >= 0.3 is 0 Å². The van der Waals surface area contributed by atoms with Crippen LogP contribution in [0, 0.1) is 11.3 Å². The minimum Gasteiger partial charge on any atom is -0.345 e. The molecule has 1 amide bonds. The molecule has 6 nitrogen and oxygen atoms in total. The van der Waals surface area contributed by atoms with Crippen LogP contribution in [0.3, 0.4) is 0 Å². The summed E-state index contributed by atoms with van der Waals surface area (Å²) in [6, 6.07) is 8.42. The van der Waals surface area contributed by atoms with Gasteiger partial charge in [-0.3, -0.25) is 4.79 Å². The Labute approximate surface area is 119 Å². The number of benzene rings is 1. The molecule has 1 rings (SSSR count). The van der Waals surface area contributed by atoms with Gasteiger partial charge in [0.1, 0.15) is 0 Å². The van der Waals surface area contributed by atoms with Crippen molar-refractivity contribution >= 4 is 15.9 Å². The number of likely N-dealkylation sites (N-methyl/N-ethyl adjacent to an activating group) is 1. The summed E-state index contributed by atoms with van der Waals surface area (Å²) in [5.74, 6) is -0.621. The highest BCUT2D eigenvalue weighted by Crippen LogP contribution is 2.10. The Morgan fingerprint density at radius 3 is 2.65 bits per heavy atom. The molecule has 0 aliphatic heterocycles. The number of carbonyl (C=O) groups excluding carboxylic acids is 1. The molecule has 0 bridgehead atoms. The van der Waals surface area contributed by atoms with Crippen molar-refractivity contribution < 1.29 is 13.2 Å². The lowest BCUT2D eigenvalue weighted by atomic mass is 10.1. The summed E-state index contributed by atoms with van der Waals surface area (Å²) in [5, 5.41) is 8.91. The highest BCUT2D eigenvalue weighted by molar-refractivity contribution is 7.88. The first-order valence-corrected chi connectivity index (χ1v) is 7.74. The van der Waals surface area contributed by atoms with Crippen LogP contribution in [0.25, 0.3) is 0 Å². The van der Waals surface area contributed by atoms with Gasteiger partial charge in [-0.1, -0.05) is 18.2 Å². The number of nitrogens with zero attached hydrogens (tertiary/aromatic N) is 2. The third-order valence-electron chi connectivity index (χ3n) is 2.83. The van der Waals surface area contributed by atoms with Gasteiger partial charge in [0.25, 0.3) is 0 Å². The van der Waals surface area contributed by atoms with E-state index in [1.54, 1.807) is 38.2 Å². The molecule has 0 spiro atoms. The van der Waals surface area contributed by atoms with E-state index in [1.165, 1.54) is 4.90 Å². The first kappa shape index (κ1) is 16.1. The molecule has 0 unspecified atom stereocenters. The van der Waals surface area contributed by atoms with Gasteiger partial charge in [-0.15, -0.1) is 0 Å². The number of amides is 1. The summed E-state index contributed by atoms with van der Waals surface area (Å²) in [7, 11) is -2.05. The van der Waals surface area contributed by atoms with Gasteiger partial charge in [-0.25, -0.2) is 13.1 Å². The second kappa shape index (κ2) is 7.03. The lowest BCUT2D eigenvalue weighted by molar-refractivity contribution is -0.128. The number of hydrogen-bond acceptors (Lipinski definition) is 4. The molecule has 7 heteroatoms. The van der Waals surface area contributed by atoms with Gasteiger partial charge < -0.3 is 4.90 Å². The van der Waals surface area contributed by atoms with E-state index >= 15 is 0 Å². The lowest BCUT2D eigenvalue weighted by Gasteiger charge is -2.15. The molecule has 108 valence electrons. The Kier molecular flexibility index (Phi) is 5.67. The Morgan fingerprint density at radius 2 is 2.05 bits per heavy atom. The zero-order valence-corrected chi connectivity index (χ0v) is 12.3. The van der Waals surface area contributed by atoms with E-state index in [0.717, 1.165) is 0 Å². The van der Waals surface area contributed by atoms with Crippen molar-refractivity contribution in [2.75, 3.05) is 20.1 Å². The van der Waals surface area contributed by atoms with Crippen LogP contribution in [0.1, 0.15) is 18.1 Å². The van der Waals surface area contributed by atoms with Crippen LogP contribution in [0.4, 0.5) is 0 Å². The molecule has 0 saturated heterocycles. The lowest BCUT2D eigenvalue weighted by Crippen LogP contribution is -2.38. The summed E-state index contributed by atoms with van der Waals surface area (Å²) in [6.07, 6.45) is 0. The van der Waals surface area contributed by atoms with Crippen LogP contribution < -0.4 is 4.72 Å². The average molecular weight is 295 g/mol. The van der Waals surface area contributed by atoms with Gasteiger partial charge in [0, 0.05) is 13.6 Å². The number of carbonyl (C=O) groups is 1. The molecule has 0 aliphatic rings. The van der Waals surface area contributed by atoms with E-state index < -0.39 is 10.0 Å². The Balaban J connectivity index is 2.72. The quantitative estimate of drug-likeness (QED) is 0.825. The maximum Gasteiger partial charge on any atom is 0.237 e. The predicted molar refractivity (Wildman–Crippen MR) is 75.1 cm³/mol. The first-order chi connectivity index (χ1) is 9.39. The largest absolute Gasteiger partial charge is 0.345 e. The SMILES string of the molecule is CCN(C)C(=O)CNS(=O)(=O)Cc1ccccc1C#N. The highest BCUT2D eigenvalue weighted by Gasteiger charge is 2.16. The predicted octanol–water partition coefficient (Wildman–Crippen LogP) is 0.456. The molecule has 0 heterocycles. The molecule has 0 fully saturated rings. The molecule has 1 N–H and O–H groups in total. The van der Waals surface area contributed by atoms with Crippen LogP contribution in [0.2, 0.25) is 0 Å². The fraction of sp³-hybridized carbons (Fsp3) is 0.385. The van der Waals surface area contributed by atoms with Crippen molar-refractivity contribution in [3.63, 3.8) is 0 Å². The van der Waals surface area contributed by atoms with Gasteiger partial charge in [-0.2, -0.15) is 5.26 Å². The van der Waals surface area contributed by atoms with E-state index in [2.05, 4.69) is 4.72 Å². The van der Waals surface area contributed by atoms with Crippen molar-refractivity contribution in [2.24, 2.45) is 0 Å².